The molecule has 4 rings (SSSR count). The minimum atomic E-state index is 0.724. The van der Waals surface area contributed by atoms with E-state index in [0.717, 1.165) is 29.2 Å². The Hall–Kier alpha value is -0.120. The fraction of sp³-hybridized carbons (Fsp3) is 1.00. The fourth-order valence-corrected chi connectivity index (χ4v) is 6.30. The lowest BCUT2D eigenvalue weighted by Gasteiger charge is -2.38. The second kappa shape index (κ2) is 7.48. The molecule has 0 bridgehead atoms. The van der Waals surface area contributed by atoms with Gasteiger partial charge in [0.2, 0.25) is 0 Å². The summed E-state index contributed by atoms with van der Waals surface area (Å²) in [4.78, 5) is 8.26. The molecule has 2 saturated heterocycles. The zero-order chi connectivity index (χ0) is 17.4. The van der Waals surface area contributed by atoms with E-state index < -0.39 is 0 Å². The molecule has 3 nitrogen and oxygen atoms in total. The van der Waals surface area contributed by atoms with Gasteiger partial charge in [-0.15, -0.1) is 0 Å². The van der Waals surface area contributed by atoms with Crippen LogP contribution in [0.4, 0.5) is 0 Å². The molecule has 0 N–H and O–H groups in total. The van der Waals surface area contributed by atoms with Crippen molar-refractivity contribution in [3.63, 3.8) is 0 Å². The van der Waals surface area contributed by atoms with Crippen molar-refractivity contribution in [3.05, 3.63) is 0 Å². The van der Waals surface area contributed by atoms with Gasteiger partial charge in [-0.05, 0) is 69.1 Å². The van der Waals surface area contributed by atoms with Crippen molar-refractivity contribution in [2.24, 2.45) is 23.2 Å². The van der Waals surface area contributed by atoms with Gasteiger partial charge >= 0.3 is 0 Å². The number of rotatable bonds is 7. The number of hydrogen-bond acceptors (Lipinski definition) is 3. The van der Waals surface area contributed by atoms with E-state index >= 15 is 0 Å². The summed E-state index contributed by atoms with van der Waals surface area (Å²) in [5, 5.41) is 0. The summed E-state index contributed by atoms with van der Waals surface area (Å²) in [6, 6.07) is 0.724. The second-order valence-corrected chi connectivity index (χ2v) is 10.2. The molecule has 2 saturated carbocycles. The van der Waals surface area contributed by atoms with Crippen LogP contribution in [-0.2, 0) is 0 Å². The molecule has 25 heavy (non-hydrogen) atoms. The van der Waals surface area contributed by atoms with Crippen LogP contribution in [0.1, 0.15) is 59.3 Å². The SMILES string of the molecule is CCCC1(CN2C[C@H]3C[C@@H](CN4CCN(C(C)C)CC4)C[C@H]3C2)CC1. The highest BCUT2D eigenvalue weighted by Crippen LogP contribution is 2.52. The van der Waals surface area contributed by atoms with Crippen molar-refractivity contribution in [1.82, 2.24) is 14.7 Å². The van der Waals surface area contributed by atoms with Gasteiger partial charge in [0.15, 0.2) is 0 Å². The van der Waals surface area contributed by atoms with Crippen LogP contribution in [0.25, 0.3) is 0 Å². The molecule has 4 aliphatic rings. The maximum Gasteiger partial charge on any atom is 0.0113 e. The maximum absolute atomic E-state index is 2.86. The Labute approximate surface area is 156 Å². The van der Waals surface area contributed by atoms with Gasteiger partial charge in [-0.1, -0.05) is 13.3 Å². The van der Waals surface area contributed by atoms with Crippen LogP contribution in [0.5, 0.6) is 0 Å². The van der Waals surface area contributed by atoms with Gasteiger partial charge in [0.25, 0.3) is 0 Å². The predicted octanol–water partition coefficient (Wildman–Crippen LogP) is 3.55. The van der Waals surface area contributed by atoms with Crippen molar-refractivity contribution in [2.75, 3.05) is 52.4 Å². The first-order valence-corrected chi connectivity index (χ1v) is 11.3. The van der Waals surface area contributed by atoms with E-state index in [0.29, 0.717) is 0 Å². The fourth-order valence-electron chi connectivity index (χ4n) is 6.30. The summed E-state index contributed by atoms with van der Waals surface area (Å²) in [6.07, 6.45) is 8.92. The van der Waals surface area contributed by atoms with Crippen LogP contribution in [0, 0.1) is 23.2 Å². The summed E-state index contributed by atoms with van der Waals surface area (Å²) in [7, 11) is 0. The molecule has 0 amide bonds. The first-order valence-electron chi connectivity index (χ1n) is 11.3. The van der Waals surface area contributed by atoms with Crippen molar-refractivity contribution in [2.45, 2.75) is 65.3 Å². The Kier molecular flexibility index (Phi) is 5.46. The molecule has 0 radical (unpaired) electrons. The molecule has 3 atom stereocenters. The molecule has 0 aromatic carbocycles. The van der Waals surface area contributed by atoms with Crippen LogP contribution < -0.4 is 0 Å². The predicted molar refractivity (Wildman–Crippen MR) is 106 cm³/mol. The normalized spacial score (nSPS) is 36.2. The van der Waals surface area contributed by atoms with Crippen molar-refractivity contribution in [3.8, 4) is 0 Å². The number of fused-ring (bicyclic) bond motifs is 1. The molecule has 3 heteroatoms. The average Bonchev–Trinajstić information content (AvgIpc) is 3.07. The van der Waals surface area contributed by atoms with Gasteiger partial charge in [0.1, 0.15) is 0 Å². The lowest BCUT2D eigenvalue weighted by molar-refractivity contribution is 0.0953. The van der Waals surface area contributed by atoms with Gasteiger partial charge in [-0.25, -0.2) is 0 Å². The van der Waals surface area contributed by atoms with Crippen molar-refractivity contribution >= 4 is 0 Å². The van der Waals surface area contributed by atoms with E-state index in [2.05, 4.69) is 35.5 Å². The van der Waals surface area contributed by atoms with Gasteiger partial charge < -0.3 is 9.80 Å². The maximum atomic E-state index is 2.86. The monoisotopic (exact) mass is 347 g/mol. The number of nitrogens with zero attached hydrogens (tertiary/aromatic N) is 3. The molecular weight excluding hydrogens is 306 g/mol. The molecule has 0 spiro atoms. The zero-order valence-electron chi connectivity index (χ0n) is 17.1. The zero-order valence-corrected chi connectivity index (χ0v) is 17.1. The standard InChI is InChI=1S/C22H41N3/c1-4-5-22(6-7-22)17-24-15-20-12-19(13-21(20)16-24)14-23-8-10-25(11-9-23)18(2)3/h18-21H,4-17H2,1-3H3/t19-,20-,21+. The molecule has 0 unspecified atom stereocenters. The average molecular weight is 348 g/mol. The molecule has 2 aliphatic heterocycles. The molecule has 2 aliphatic carbocycles. The second-order valence-electron chi connectivity index (χ2n) is 10.2. The first kappa shape index (κ1) is 18.3. The third-order valence-corrected chi connectivity index (χ3v) is 7.87. The molecular formula is C22H41N3. The molecule has 0 aromatic rings. The molecule has 0 aromatic heterocycles. The summed E-state index contributed by atoms with van der Waals surface area (Å²) < 4.78 is 0. The van der Waals surface area contributed by atoms with E-state index in [1.807, 2.05) is 0 Å². The van der Waals surface area contributed by atoms with Crippen molar-refractivity contribution in [1.29, 1.82) is 0 Å². The highest BCUT2D eigenvalue weighted by atomic mass is 15.3. The minimum Gasteiger partial charge on any atom is -0.302 e. The van der Waals surface area contributed by atoms with Crippen LogP contribution in [0.3, 0.4) is 0 Å². The Morgan fingerprint density at radius 3 is 2.08 bits per heavy atom. The van der Waals surface area contributed by atoms with E-state index in [1.165, 1.54) is 90.9 Å². The topological polar surface area (TPSA) is 9.72 Å². The third-order valence-electron chi connectivity index (χ3n) is 7.87. The minimum absolute atomic E-state index is 0.724. The number of hydrogen-bond donors (Lipinski definition) is 0. The summed E-state index contributed by atoms with van der Waals surface area (Å²) in [5.74, 6) is 3.05. The van der Waals surface area contributed by atoms with E-state index in [9.17, 15) is 0 Å². The smallest absolute Gasteiger partial charge is 0.0113 e. The Bertz CT molecular complexity index is 423. The largest absolute Gasteiger partial charge is 0.302 e. The van der Waals surface area contributed by atoms with Crippen LogP contribution in [0.15, 0.2) is 0 Å². The van der Waals surface area contributed by atoms with Gasteiger partial charge in [0.05, 0.1) is 0 Å². The Balaban J connectivity index is 1.18. The Morgan fingerprint density at radius 2 is 1.56 bits per heavy atom. The van der Waals surface area contributed by atoms with Crippen molar-refractivity contribution < 1.29 is 0 Å². The lowest BCUT2D eigenvalue weighted by atomic mass is 9.99. The van der Waals surface area contributed by atoms with Gasteiger partial charge in [-0.3, -0.25) is 4.90 Å². The lowest BCUT2D eigenvalue weighted by Crippen LogP contribution is -2.49. The van der Waals surface area contributed by atoms with E-state index in [1.54, 1.807) is 0 Å². The molecule has 2 heterocycles. The quantitative estimate of drug-likeness (QED) is 0.697. The van der Waals surface area contributed by atoms with E-state index in [4.69, 9.17) is 0 Å². The molecule has 144 valence electrons. The summed E-state index contributed by atoms with van der Waals surface area (Å²) >= 11 is 0. The van der Waals surface area contributed by atoms with Crippen LogP contribution in [0.2, 0.25) is 0 Å². The van der Waals surface area contributed by atoms with E-state index in [-0.39, 0.29) is 0 Å². The van der Waals surface area contributed by atoms with Gasteiger partial charge in [-0.2, -0.15) is 0 Å². The number of piperazine rings is 1. The highest BCUT2D eigenvalue weighted by Gasteiger charge is 2.47. The number of likely N-dealkylation sites (tertiary alicyclic amines) is 1. The first-order chi connectivity index (χ1) is 12.1. The van der Waals surface area contributed by atoms with Crippen LogP contribution >= 0.6 is 0 Å². The summed E-state index contributed by atoms with van der Waals surface area (Å²) in [6.45, 7) is 17.9. The van der Waals surface area contributed by atoms with Crippen LogP contribution in [-0.4, -0.2) is 73.1 Å². The summed E-state index contributed by atoms with van der Waals surface area (Å²) in [5.41, 5.74) is 0.753. The highest BCUT2D eigenvalue weighted by molar-refractivity contribution is 4.99. The van der Waals surface area contributed by atoms with Gasteiger partial charge in [0, 0.05) is 58.4 Å². The Morgan fingerprint density at radius 1 is 0.920 bits per heavy atom. The third kappa shape index (κ3) is 4.25. The molecule has 4 fully saturated rings.